The van der Waals surface area contributed by atoms with Crippen molar-refractivity contribution >= 4 is 11.6 Å². The van der Waals surface area contributed by atoms with E-state index in [0.717, 1.165) is 23.2 Å². The first kappa shape index (κ1) is 15.3. The molecule has 3 nitrogen and oxygen atoms in total. The van der Waals surface area contributed by atoms with E-state index in [4.69, 9.17) is 5.11 Å². The maximum atomic E-state index is 11.9. The first-order valence-corrected chi connectivity index (χ1v) is 6.59. The van der Waals surface area contributed by atoms with Gasteiger partial charge < -0.3 is 10.4 Å². The van der Waals surface area contributed by atoms with Crippen molar-refractivity contribution in [3.63, 3.8) is 0 Å². The van der Waals surface area contributed by atoms with Gasteiger partial charge in [0.1, 0.15) is 0 Å². The molecule has 0 heterocycles. The number of hydrogen-bond donors (Lipinski definition) is 2. The molecule has 0 aromatic heterocycles. The van der Waals surface area contributed by atoms with Gasteiger partial charge in [0, 0.05) is 17.9 Å². The summed E-state index contributed by atoms with van der Waals surface area (Å²) in [6, 6.07) is 5.76. The van der Waals surface area contributed by atoms with Crippen LogP contribution in [0.15, 0.2) is 18.2 Å². The van der Waals surface area contributed by atoms with Crippen LogP contribution in [0.2, 0.25) is 0 Å². The summed E-state index contributed by atoms with van der Waals surface area (Å²) in [4.78, 5) is 11.9. The maximum Gasteiger partial charge on any atom is 0.227 e. The number of carbonyl (C=O) groups is 1. The van der Waals surface area contributed by atoms with Crippen LogP contribution >= 0.6 is 0 Å². The standard InChI is InChI=1S/C16H21NO2/c1-4-13(3)16(19)17-15-9-8-12(2)11-14(15)7-5-6-10-18/h8-9,11,13,18H,4,6,10H2,1-3H3,(H,17,19). The van der Waals surface area contributed by atoms with Crippen molar-refractivity contribution in [3.05, 3.63) is 29.3 Å². The Labute approximate surface area is 115 Å². The normalized spacial score (nSPS) is 11.4. The van der Waals surface area contributed by atoms with Crippen LogP contribution in [0, 0.1) is 24.7 Å². The lowest BCUT2D eigenvalue weighted by atomic mass is 10.1. The molecular formula is C16H21NO2. The molecule has 0 aliphatic rings. The van der Waals surface area contributed by atoms with E-state index in [1.165, 1.54) is 0 Å². The molecule has 1 rings (SSSR count). The Morgan fingerprint density at radius 1 is 1.47 bits per heavy atom. The molecule has 1 aromatic rings. The van der Waals surface area contributed by atoms with Gasteiger partial charge in [-0.25, -0.2) is 0 Å². The number of aliphatic hydroxyl groups excluding tert-OH is 1. The summed E-state index contributed by atoms with van der Waals surface area (Å²) in [5.41, 5.74) is 2.63. The highest BCUT2D eigenvalue weighted by Crippen LogP contribution is 2.18. The maximum absolute atomic E-state index is 11.9. The molecule has 0 bridgehead atoms. The van der Waals surface area contributed by atoms with Crippen LogP contribution < -0.4 is 5.32 Å². The molecule has 2 N–H and O–H groups in total. The molecule has 0 saturated heterocycles. The van der Waals surface area contributed by atoms with E-state index in [0.29, 0.717) is 6.42 Å². The number of rotatable bonds is 4. The van der Waals surface area contributed by atoms with Crippen LogP contribution in [0.3, 0.4) is 0 Å². The molecule has 0 saturated carbocycles. The number of hydrogen-bond acceptors (Lipinski definition) is 2. The van der Waals surface area contributed by atoms with Gasteiger partial charge in [-0.1, -0.05) is 31.8 Å². The van der Waals surface area contributed by atoms with Gasteiger partial charge in [-0.15, -0.1) is 0 Å². The van der Waals surface area contributed by atoms with Crippen molar-refractivity contribution in [1.82, 2.24) is 0 Å². The van der Waals surface area contributed by atoms with Gasteiger partial charge in [-0.2, -0.15) is 0 Å². The minimum atomic E-state index is -0.0143. The number of carbonyl (C=O) groups excluding carboxylic acids is 1. The fourth-order valence-corrected chi connectivity index (χ4v) is 1.53. The summed E-state index contributed by atoms with van der Waals surface area (Å²) < 4.78 is 0. The molecule has 3 heteroatoms. The summed E-state index contributed by atoms with van der Waals surface area (Å²) in [6.07, 6.45) is 1.25. The molecule has 1 aromatic carbocycles. The lowest BCUT2D eigenvalue weighted by Crippen LogP contribution is -2.20. The van der Waals surface area contributed by atoms with E-state index in [1.54, 1.807) is 0 Å². The lowest BCUT2D eigenvalue weighted by molar-refractivity contribution is -0.119. The quantitative estimate of drug-likeness (QED) is 0.817. The average Bonchev–Trinajstić information content (AvgIpc) is 2.40. The molecule has 0 radical (unpaired) electrons. The third kappa shape index (κ3) is 4.76. The van der Waals surface area contributed by atoms with Gasteiger partial charge in [0.25, 0.3) is 0 Å². The number of benzene rings is 1. The van der Waals surface area contributed by atoms with Crippen molar-refractivity contribution in [3.8, 4) is 11.8 Å². The van der Waals surface area contributed by atoms with Crippen molar-refractivity contribution in [1.29, 1.82) is 0 Å². The van der Waals surface area contributed by atoms with Crippen LogP contribution in [0.4, 0.5) is 5.69 Å². The van der Waals surface area contributed by atoms with E-state index in [9.17, 15) is 4.79 Å². The van der Waals surface area contributed by atoms with Gasteiger partial charge in [0.2, 0.25) is 5.91 Å². The summed E-state index contributed by atoms with van der Waals surface area (Å²) in [5, 5.41) is 11.7. The first-order valence-electron chi connectivity index (χ1n) is 6.59. The van der Waals surface area contributed by atoms with E-state index in [2.05, 4.69) is 17.2 Å². The van der Waals surface area contributed by atoms with E-state index in [-0.39, 0.29) is 18.4 Å². The smallest absolute Gasteiger partial charge is 0.227 e. The predicted molar refractivity (Wildman–Crippen MR) is 77.8 cm³/mol. The molecule has 0 aliphatic heterocycles. The summed E-state index contributed by atoms with van der Waals surface area (Å²) in [5.74, 6) is 5.87. The third-order valence-electron chi connectivity index (χ3n) is 2.95. The second-order valence-electron chi connectivity index (χ2n) is 4.62. The van der Waals surface area contributed by atoms with E-state index in [1.807, 2.05) is 39.0 Å². The van der Waals surface area contributed by atoms with Crippen LogP contribution in [0.1, 0.15) is 37.8 Å². The number of aliphatic hydroxyl groups is 1. The Balaban J connectivity index is 2.94. The average molecular weight is 259 g/mol. The topological polar surface area (TPSA) is 49.3 Å². The van der Waals surface area contributed by atoms with Crippen molar-refractivity contribution in [2.75, 3.05) is 11.9 Å². The number of anilines is 1. The SMILES string of the molecule is CCC(C)C(=O)Nc1ccc(C)cc1C#CCCO. The largest absolute Gasteiger partial charge is 0.395 e. The van der Waals surface area contributed by atoms with Crippen molar-refractivity contribution in [2.24, 2.45) is 5.92 Å². The zero-order chi connectivity index (χ0) is 14.3. The predicted octanol–water partition coefficient (Wildman–Crippen LogP) is 2.71. The van der Waals surface area contributed by atoms with Crippen LogP contribution in [0.25, 0.3) is 0 Å². The fraction of sp³-hybridized carbons (Fsp3) is 0.438. The lowest BCUT2D eigenvalue weighted by Gasteiger charge is -2.12. The third-order valence-corrected chi connectivity index (χ3v) is 2.95. The van der Waals surface area contributed by atoms with Crippen molar-refractivity contribution < 1.29 is 9.90 Å². The summed E-state index contributed by atoms with van der Waals surface area (Å²) in [7, 11) is 0. The molecule has 1 atom stereocenters. The van der Waals surface area contributed by atoms with Crippen molar-refractivity contribution in [2.45, 2.75) is 33.6 Å². The molecular weight excluding hydrogens is 238 g/mol. The zero-order valence-corrected chi connectivity index (χ0v) is 11.8. The number of nitrogens with one attached hydrogen (secondary N) is 1. The van der Waals surface area contributed by atoms with Gasteiger partial charge >= 0.3 is 0 Å². The Hall–Kier alpha value is -1.79. The zero-order valence-electron chi connectivity index (χ0n) is 11.8. The van der Waals surface area contributed by atoms with Gasteiger partial charge in [-0.05, 0) is 31.0 Å². The highest BCUT2D eigenvalue weighted by Gasteiger charge is 2.12. The molecule has 19 heavy (non-hydrogen) atoms. The Morgan fingerprint density at radius 3 is 2.84 bits per heavy atom. The minimum Gasteiger partial charge on any atom is -0.395 e. The Bertz CT molecular complexity index is 497. The molecule has 0 spiro atoms. The second kappa shape index (κ2) is 7.60. The summed E-state index contributed by atoms with van der Waals surface area (Å²) >= 11 is 0. The first-order chi connectivity index (χ1) is 9.08. The van der Waals surface area contributed by atoms with Gasteiger partial charge in [-0.3, -0.25) is 4.79 Å². The molecule has 0 fully saturated rings. The highest BCUT2D eigenvalue weighted by molar-refractivity contribution is 5.93. The van der Waals surface area contributed by atoms with Crippen LogP contribution in [0.5, 0.6) is 0 Å². The van der Waals surface area contributed by atoms with E-state index >= 15 is 0 Å². The Morgan fingerprint density at radius 2 is 2.21 bits per heavy atom. The molecule has 0 aliphatic carbocycles. The molecule has 102 valence electrons. The summed E-state index contributed by atoms with van der Waals surface area (Å²) in [6.45, 7) is 5.92. The Kier molecular flexibility index (Phi) is 6.11. The fourth-order valence-electron chi connectivity index (χ4n) is 1.53. The van der Waals surface area contributed by atoms with Gasteiger partial charge in [0.05, 0.1) is 12.3 Å². The second-order valence-corrected chi connectivity index (χ2v) is 4.62. The van der Waals surface area contributed by atoms with E-state index < -0.39 is 0 Å². The number of amides is 1. The van der Waals surface area contributed by atoms with Crippen LogP contribution in [-0.4, -0.2) is 17.6 Å². The number of aryl methyl sites for hydroxylation is 1. The monoisotopic (exact) mass is 259 g/mol. The highest BCUT2D eigenvalue weighted by atomic mass is 16.2. The minimum absolute atomic E-state index is 0.0107. The van der Waals surface area contributed by atoms with Gasteiger partial charge in [0.15, 0.2) is 0 Å². The molecule has 1 amide bonds. The van der Waals surface area contributed by atoms with Crippen LogP contribution in [-0.2, 0) is 4.79 Å². The molecule has 1 unspecified atom stereocenters.